The fraction of sp³-hybridized carbons (Fsp3) is 0.188. The maximum Gasteiger partial charge on any atom is 0.253 e. The van der Waals surface area contributed by atoms with Gasteiger partial charge < -0.3 is 16.4 Å². The summed E-state index contributed by atoms with van der Waals surface area (Å²) in [4.78, 5) is 12.3. The van der Waals surface area contributed by atoms with Crippen LogP contribution in [0, 0.1) is 3.57 Å². The molecule has 0 saturated carbocycles. The van der Waals surface area contributed by atoms with Crippen molar-refractivity contribution in [3.63, 3.8) is 0 Å². The smallest absolute Gasteiger partial charge is 0.253 e. The van der Waals surface area contributed by atoms with Crippen LogP contribution in [0.1, 0.15) is 24.2 Å². The van der Waals surface area contributed by atoms with Crippen molar-refractivity contribution in [1.29, 1.82) is 0 Å². The van der Waals surface area contributed by atoms with Crippen molar-refractivity contribution in [3.05, 3.63) is 51.6 Å². The molecule has 0 aliphatic rings. The molecular weight excluding hydrogens is 377 g/mol. The second kappa shape index (κ2) is 6.80. The molecule has 4 N–H and O–H groups in total. The molecule has 2 aromatic rings. The first-order valence-corrected chi connectivity index (χ1v) is 7.76. The second-order valence-electron chi connectivity index (χ2n) is 5.07. The lowest BCUT2D eigenvalue weighted by Crippen LogP contribution is -2.30. The normalized spacial score (nSPS) is 10.5. The first-order chi connectivity index (χ1) is 9.95. The summed E-state index contributed by atoms with van der Waals surface area (Å²) in [6.45, 7) is 3.85. The summed E-state index contributed by atoms with van der Waals surface area (Å²) >= 11 is 2.25. The van der Waals surface area contributed by atoms with E-state index in [4.69, 9.17) is 5.73 Å². The molecule has 1 amide bonds. The van der Waals surface area contributed by atoms with Gasteiger partial charge in [0.2, 0.25) is 0 Å². The van der Waals surface area contributed by atoms with Gasteiger partial charge in [-0.05, 0) is 78.9 Å². The third-order valence-electron chi connectivity index (χ3n) is 2.83. The topological polar surface area (TPSA) is 67.2 Å². The van der Waals surface area contributed by atoms with Gasteiger partial charge >= 0.3 is 0 Å². The number of hydrogen-bond donors (Lipinski definition) is 3. The lowest BCUT2D eigenvalue weighted by atomic mass is 10.1. The summed E-state index contributed by atoms with van der Waals surface area (Å²) in [6, 6.07) is 13.3. The van der Waals surface area contributed by atoms with Crippen molar-refractivity contribution in [3.8, 4) is 0 Å². The number of halogens is 1. The van der Waals surface area contributed by atoms with Crippen LogP contribution in [0.15, 0.2) is 42.5 Å². The fourth-order valence-electron chi connectivity index (χ4n) is 1.89. The largest absolute Gasteiger partial charge is 0.399 e. The van der Waals surface area contributed by atoms with Crippen molar-refractivity contribution in [2.45, 2.75) is 19.9 Å². The number of amides is 1. The standard InChI is InChI=1S/C16H18IN3O/c1-10(2)19-16(21)14-9-12(18)5-8-15(14)20-13-6-3-11(17)4-7-13/h3-10,20H,18H2,1-2H3,(H,19,21). The van der Waals surface area contributed by atoms with Gasteiger partial charge in [0.15, 0.2) is 0 Å². The predicted octanol–water partition coefficient (Wildman–Crippen LogP) is 3.76. The molecule has 0 saturated heterocycles. The zero-order chi connectivity index (χ0) is 15.4. The molecule has 0 spiro atoms. The van der Waals surface area contributed by atoms with E-state index >= 15 is 0 Å². The Morgan fingerprint density at radius 2 is 1.81 bits per heavy atom. The zero-order valence-corrected chi connectivity index (χ0v) is 14.1. The number of rotatable bonds is 4. The molecule has 0 aromatic heterocycles. The Bertz CT molecular complexity index is 638. The Balaban J connectivity index is 2.30. The highest BCUT2D eigenvalue weighted by Gasteiger charge is 2.13. The van der Waals surface area contributed by atoms with Gasteiger partial charge in [-0.3, -0.25) is 4.79 Å². The highest BCUT2D eigenvalue weighted by molar-refractivity contribution is 14.1. The molecule has 0 unspecified atom stereocenters. The van der Waals surface area contributed by atoms with Gasteiger partial charge in [0.05, 0.1) is 11.3 Å². The number of carbonyl (C=O) groups is 1. The van der Waals surface area contributed by atoms with E-state index in [1.165, 1.54) is 0 Å². The molecule has 0 atom stereocenters. The van der Waals surface area contributed by atoms with Crippen LogP contribution in [0.5, 0.6) is 0 Å². The third kappa shape index (κ3) is 4.35. The number of nitrogen functional groups attached to an aromatic ring is 1. The van der Waals surface area contributed by atoms with E-state index in [9.17, 15) is 4.79 Å². The van der Waals surface area contributed by atoms with Gasteiger partial charge in [0.25, 0.3) is 5.91 Å². The van der Waals surface area contributed by atoms with E-state index in [2.05, 4.69) is 33.2 Å². The van der Waals surface area contributed by atoms with Crippen LogP contribution in [0.3, 0.4) is 0 Å². The number of anilines is 3. The summed E-state index contributed by atoms with van der Waals surface area (Å²) in [5.41, 5.74) is 8.58. The van der Waals surface area contributed by atoms with E-state index in [0.717, 1.165) is 14.9 Å². The van der Waals surface area contributed by atoms with E-state index < -0.39 is 0 Å². The van der Waals surface area contributed by atoms with Crippen LogP contribution in [0.2, 0.25) is 0 Å². The zero-order valence-electron chi connectivity index (χ0n) is 12.0. The molecule has 0 bridgehead atoms. The summed E-state index contributed by atoms with van der Waals surface area (Å²) in [7, 11) is 0. The number of nitrogens with two attached hydrogens (primary N) is 1. The van der Waals surface area contributed by atoms with Gasteiger partial charge in [-0.15, -0.1) is 0 Å². The molecule has 21 heavy (non-hydrogen) atoms. The highest BCUT2D eigenvalue weighted by Crippen LogP contribution is 2.24. The van der Waals surface area contributed by atoms with Gasteiger partial charge in [-0.25, -0.2) is 0 Å². The lowest BCUT2D eigenvalue weighted by Gasteiger charge is -2.14. The molecule has 0 radical (unpaired) electrons. The minimum atomic E-state index is -0.134. The van der Waals surface area contributed by atoms with Crippen molar-refractivity contribution in [2.24, 2.45) is 0 Å². The summed E-state index contributed by atoms with van der Waals surface area (Å²) in [5, 5.41) is 6.15. The summed E-state index contributed by atoms with van der Waals surface area (Å²) < 4.78 is 1.16. The van der Waals surface area contributed by atoms with E-state index in [1.807, 2.05) is 44.2 Å². The van der Waals surface area contributed by atoms with Gasteiger partial charge in [-0.2, -0.15) is 0 Å². The lowest BCUT2D eigenvalue weighted by molar-refractivity contribution is 0.0944. The van der Waals surface area contributed by atoms with Crippen LogP contribution in [0.4, 0.5) is 17.1 Å². The first kappa shape index (κ1) is 15.6. The monoisotopic (exact) mass is 395 g/mol. The van der Waals surface area contributed by atoms with E-state index in [-0.39, 0.29) is 11.9 Å². The Morgan fingerprint density at radius 1 is 1.14 bits per heavy atom. The van der Waals surface area contributed by atoms with Gasteiger partial charge in [0.1, 0.15) is 0 Å². The minimum Gasteiger partial charge on any atom is -0.399 e. The molecule has 0 heterocycles. The molecular formula is C16H18IN3O. The van der Waals surface area contributed by atoms with Crippen LogP contribution < -0.4 is 16.4 Å². The molecule has 0 fully saturated rings. The highest BCUT2D eigenvalue weighted by atomic mass is 127. The van der Waals surface area contributed by atoms with Gasteiger partial charge in [0, 0.05) is 21.0 Å². The third-order valence-corrected chi connectivity index (χ3v) is 3.55. The number of benzene rings is 2. The number of nitrogens with one attached hydrogen (secondary N) is 2. The van der Waals surface area contributed by atoms with Crippen molar-refractivity contribution in [1.82, 2.24) is 5.32 Å². The molecule has 5 heteroatoms. The number of hydrogen-bond acceptors (Lipinski definition) is 3. The minimum absolute atomic E-state index is 0.0742. The van der Waals surface area contributed by atoms with Crippen molar-refractivity contribution in [2.75, 3.05) is 11.1 Å². The molecule has 4 nitrogen and oxygen atoms in total. The Kier molecular flexibility index (Phi) is 5.06. The quantitative estimate of drug-likeness (QED) is 0.546. The molecule has 0 aliphatic carbocycles. The average molecular weight is 395 g/mol. The summed E-state index contributed by atoms with van der Waals surface area (Å²) in [5.74, 6) is -0.134. The van der Waals surface area contributed by atoms with Crippen molar-refractivity contribution < 1.29 is 4.79 Å². The molecule has 0 aliphatic heterocycles. The fourth-order valence-corrected chi connectivity index (χ4v) is 2.25. The van der Waals surface area contributed by atoms with E-state index in [0.29, 0.717) is 11.3 Å². The Labute approximate surface area is 138 Å². The maximum absolute atomic E-state index is 12.3. The molecule has 2 rings (SSSR count). The summed E-state index contributed by atoms with van der Waals surface area (Å²) in [6.07, 6.45) is 0. The first-order valence-electron chi connectivity index (χ1n) is 6.68. The van der Waals surface area contributed by atoms with Crippen LogP contribution >= 0.6 is 22.6 Å². The van der Waals surface area contributed by atoms with Crippen LogP contribution in [0.25, 0.3) is 0 Å². The SMILES string of the molecule is CC(C)NC(=O)c1cc(N)ccc1Nc1ccc(I)cc1. The Morgan fingerprint density at radius 3 is 2.43 bits per heavy atom. The van der Waals surface area contributed by atoms with Crippen molar-refractivity contribution >= 4 is 45.6 Å². The average Bonchev–Trinajstić information content (AvgIpc) is 2.42. The van der Waals surface area contributed by atoms with Crippen LogP contribution in [-0.4, -0.2) is 11.9 Å². The van der Waals surface area contributed by atoms with Gasteiger partial charge in [-0.1, -0.05) is 0 Å². The predicted molar refractivity (Wildman–Crippen MR) is 95.9 cm³/mol. The van der Waals surface area contributed by atoms with Crippen LogP contribution in [-0.2, 0) is 0 Å². The second-order valence-corrected chi connectivity index (χ2v) is 6.31. The maximum atomic E-state index is 12.3. The van der Waals surface area contributed by atoms with E-state index in [1.54, 1.807) is 12.1 Å². The molecule has 110 valence electrons. The molecule has 2 aromatic carbocycles. The number of carbonyl (C=O) groups excluding carboxylic acids is 1. The Hall–Kier alpha value is -1.76.